The zero-order valence-electron chi connectivity index (χ0n) is 13.4. The highest BCUT2D eigenvalue weighted by Crippen LogP contribution is 2.18. The van der Waals surface area contributed by atoms with Crippen LogP contribution in [0, 0.1) is 6.92 Å². The summed E-state index contributed by atoms with van der Waals surface area (Å²) in [6, 6.07) is 1.42. The molecule has 23 heavy (non-hydrogen) atoms. The van der Waals surface area contributed by atoms with Crippen LogP contribution in [0.2, 0.25) is 0 Å². The van der Waals surface area contributed by atoms with E-state index in [1.807, 2.05) is 17.9 Å². The number of carbonyl (C=O) groups is 1. The molecule has 2 aromatic rings. The van der Waals surface area contributed by atoms with Crippen molar-refractivity contribution in [2.45, 2.75) is 36.0 Å². The van der Waals surface area contributed by atoms with Crippen LogP contribution in [0.25, 0.3) is 0 Å². The lowest BCUT2D eigenvalue weighted by Gasteiger charge is -2.12. The van der Waals surface area contributed by atoms with Crippen molar-refractivity contribution in [1.82, 2.24) is 24.8 Å². The second kappa shape index (κ2) is 7.69. The minimum Gasteiger partial charge on any atom is -0.350 e. The molecule has 1 atom stereocenters. The Morgan fingerprint density at radius 2 is 2.26 bits per heavy atom. The number of aryl methyl sites for hydroxylation is 1. The van der Waals surface area contributed by atoms with Crippen molar-refractivity contribution in [3.8, 4) is 0 Å². The molecule has 0 aliphatic rings. The fraction of sp³-hybridized carbons (Fsp3) is 0.429. The van der Waals surface area contributed by atoms with Gasteiger partial charge < -0.3 is 14.9 Å². The Labute approximate surface area is 142 Å². The van der Waals surface area contributed by atoms with Crippen LogP contribution in [-0.4, -0.2) is 36.9 Å². The molecule has 0 saturated carbocycles. The Morgan fingerprint density at radius 1 is 1.52 bits per heavy atom. The average Bonchev–Trinajstić information content (AvgIpc) is 2.83. The minimum atomic E-state index is -0.367. The van der Waals surface area contributed by atoms with Gasteiger partial charge >= 0.3 is 0 Å². The third-order valence-corrected chi connectivity index (χ3v) is 4.90. The van der Waals surface area contributed by atoms with Gasteiger partial charge in [-0.25, -0.2) is 9.97 Å². The summed E-state index contributed by atoms with van der Waals surface area (Å²) in [6.45, 7) is 3.93. The van der Waals surface area contributed by atoms with Gasteiger partial charge in [-0.05, 0) is 20.1 Å². The van der Waals surface area contributed by atoms with Gasteiger partial charge in [-0.3, -0.25) is 9.59 Å². The number of rotatable bonds is 6. The zero-order chi connectivity index (χ0) is 17.0. The SMILES string of the molecule is CSc1ncc(CNC(=O)C(C)Sc2nc(C)cc(=O)[nH]2)n1C. The molecule has 2 aromatic heterocycles. The normalized spacial score (nSPS) is 12.2. The summed E-state index contributed by atoms with van der Waals surface area (Å²) in [6.07, 6.45) is 3.71. The third kappa shape index (κ3) is 4.61. The van der Waals surface area contributed by atoms with Gasteiger partial charge in [0.15, 0.2) is 10.3 Å². The van der Waals surface area contributed by atoms with E-state index in [9.17, 15) is 9.59 Å². The fourth-order valence-electron chi connectivity index (χ4n) is 1.93. The van der Waals surface area contributed by atoms with E-state index in [1.165, 1.54) is 17.8 Å². The predicted octanol–water partition coefficient (Wildman–Crippen LogP) is 1.33. The summed E-state index contributed by atoms with van der Waals surface area (Å²) < 4.78 is 1.95. The second-order valence-electron chi connectivity index (χ2n) is 4.97. The molecule has 1 amide bonds. The van der Waals surface area contributed by atoms with Crippen LogP contribution in [0.1, 0.15) is 18.3 Å². The Bertz CT molecular complexity index is 756. The molecule has 0 aromatic carbocycles. The van der Waals surface area contributed by atoms with Gasteiger partial charge in [-0.1, -0.05) is 23.5 Å². The first-order valence-corrected chi connectivity index (χ1v) is 9.08. The van der Waals surface area contributed by atoms with Crippen molar-refractivity contribution in [2.24, 2.45) is 7.05 Å². The van der Waals surface area contributed by atoms with E-state index in [4.69, 9.17) is 0 Å². The van der Waals surface area contributed by atoms with E-state index < -0.39 is 0 Å². The number of aromatic nitrogens is 4. The first-order valence-electron chi connectivity index (χ1n) is 6.97. The molecule has 124 valence electrons. The summed E-state index contributed by atoms with van der Waals surface area (Å²) in [4.78, 5) is 34.7. The topological polar surface area (TPSA) is 92.7 Å². The molecule has 0 radical (unpaired) electrons. The lowest BCUT2D eigenvalue weighted by atomic mass is 10.4. The van der Waals surface area contributed by atoms with Crippen molar-refractivity contribution >= 4 is 29.4 Å². The van der Waals surface area contributed by atoms with E-state index in [2.05, 4.69) is 20.3 Å². The fourth-order valence-corrected chi connectivity index (χ4v) is 3.36. The molecule has 2 N–H and O–H groups in total. The zero-order valence-corrected chi connectivity index (χ0v) is 15.0. The number of aromatic amines is 1. The van der Waals surface area contributed by atoms with Crippen molar-refractivity contribution in [2.75, 3.05) is 6.26 Å². The molecule has 0 saturated heterocycles. The summed E-state index contributed by atoms with van der Waals surface area (Å²) in [5, 5.41) is 3.86. The summed E-state index contributed by atoms with van der Waals surface area (Å²) in [5.74, 6) is -0.119. The van der Waals surface area contributed by atoms with E-state index in [0.717, 1.165) is 10.9 Å². The van der Waals surface area contributed by atoms with Gasteiger partial charge in [0, 0.05) is 18.8 Å². The molecular formula is C14H19N5O2S2. The van der Waals surface area contributed by atoms with Crippen LogP contribution >= 0.6 is 23.5 Å². The predicted molar refractivity (Wildman–Crippen MR) is 91.7 cm³/mol. The third-order valence-electron chi connectivity index (χ3n) is 3.17. The Hall–Kier alpha value is -1.74. The lowest BCUT2D eigenvalue weighted by Crippen LogP contribution is -2.31. The molecule has 9 heteroatoms. The maximum absolute atomic E-state index is 12.2. The minimum absolute atomic E-state index is 0.119. The van der Waals surface area contributed by atoms with Crippen LogP contribution in [0.5, 0.6) is 0 Å². The van der Waals surface area contributed by atoms with Crippen LogP contribution in [0.15, 0.2) is 27.4 Å². The summed E-state index contributed by atoms with van der Waals surface area (Å²) in [5.41, 5.74) is 1.34. The molecule has 0 fully saturated rings. The van der Waals surface area contributed by atoms with Crippen molar-refractivity contribution in [3.63, 3.8) is 0 Å². The molecule has 7 nitrogen and oxygen atoms in total. The monoisotopic (exact) mass is 353 g/mol. The van der Waals surface area contributed by atoms with Gasteiger partial charge in [0.2, 0.25) is 5.91 Å². The van der Waals surface area contributed by atoms with Crippen LogP contribution in [0.3, 0.4) is 0 Å². The largest absolute Gasteiger partial charge is 0.350 e. The summed E-state index contributed by atoms with van der Waals surface area (Å²) in [7, 11) is 1.92. The summed E-state index contributed by atoms with van der Waals surface area (Å²) >= 11 is 2.78. The highest BCUT2D eigenvalue weighted by atomic mass is 32.2. The standard InChI is InChI=1S/C14H19N5O2S2/c1-8-5-11(20)18-13(17-8)23-9(2)12(21)15-6-10-7-16-14(22-4)19(10)3/h5,7,9H,6H2,1-4H3,(H,15,21)(H,17,18,20). The average molecular weight is 353 g/mol. The van der Waals surface area contributed by atoms with Gasteiger partial charge in [0.05, 0.1) is 23.7 Å². The van der Waals surface area contributed by atoms with E-state index in [-0.39, 0.29) is 16.7 Å². The molecule has 2 heterocycles. The van der Waals surface area contributed by atoms with Crippen LogP contribution in [-0.2, 0) is 18.4 Å². The number of hydrogen-bond acceptors (Lipinski definition) is 6. The van der Waals surface area contributed by atoms with E-state index in [1.54, 1.807) is 31.8 Å². The first kappa shape index (κ1) is 17.6. The first-order chi connectivity index (χ1) is 10.9. The smallest absolute Gasteiger partial charge is 0.251 e. The van der Waals surface area contributed by atoms with Gasteiger partial charge in [0.25, 0.3) is 5.56 Å². The maximum Gasteiger partial charge on any atom is 0.251 e. The number of hydrogen-bond donors (Lipinski definition) is 2. The molecule has 0 spiro atoms. The number of thioether (sulfide) groups is 2. The van der Waals surface area contributed by atoms with Crippen LogP contribution < -0.4 is 10.9 Å². The quantitative estimate of drug-likeness (QED) is 0.601. The number of amides is 1. The number of H-pyrrole nitrogens is 1. The molecule has 1 unspecified atom stereocenters. The molecule has 2 rings (SSSR count). The van der Waals surface area contributed by atoms with Crippen molar-refractivity contribution in [3.05, 3.63) is 34.0 Å². The maximum atomic E-state index is 12.2. The van der Waals surface area contributed by atoms with Crippen LogP contribution in [0.4, 0.5) is 0 Å². The Kier molecular flexibility index (Phi) is 5.89. The van der Waals surface area contributed by atoms with Gasteiger partial charge in [0.1, 0.15) is 0 Å². The molecule has 0 aliphatic heterocycles. The van der Waals surface area contributed by atoms with Crippen molar-refractivity contribution in [1.29, 1.82) is 0 Å². The highest BCUT2D eigenvalue weighted by molar-refractivity contribution is 8.00. The van der Waals surface area contributed by atoms with E-state index in [0.29, 0.717) is 17.4 Å². The van der Waals surface area contributed by atoms with Crippen molar-refractivity contribution < 1.29 is 4.79 Å². The molecule has 0 aliphatic carbocycles. The number of carbonyl (C=O) groups excluding carboxylic acids is 1. The van der Waals surface area contributed by atoms with Gasteiger partial charge in [-0.15, -0.1) is 0 Å². The second-order valence-corrected chi connectivity index (χ2v) is 7.07. The lowest BCUT2D eigenvalue weighted by molar-refractivity contribution is -0.120. The van der Waals surface area contributed by atoms with Gasteiger partial charge in [-0.2, -0.15) is 0 Å². The van der Waals surface area contributed by atoms with E-state index >= 15 is 0 Å². The number of nitrogens with one attached hydrogen (secondary N) is 2. The number of nitrogens with zero attached hydrogens (tertiary/aromatic N) is 3. The number of imidazole rings is 1. The Balaban J connectivity index is 1.94. The highest BCUT2D eigenvalue weighted by Gasteiger charge is 2.16. The molecule has 0 bridgehead atoms. The molecular weight excluding hydrogens is 334 g/mol. The Morgan fingerprint density at radius 3 is 2.87 bits per heavy atom.